The Morgan fingerprint density at radius 1 is 1.50 bits per heavy atom. The topological polar surface area (TPSA) is 126 Å². The maximum atomic E-state index is 10.6. The van der Waals surface area contributed by atoms with Crippen LogP contribution in [0.5, 0.6) is 0 Å². The summed E-state index contributed by atoms with van der Waals surface area (Å²) in [5.74, 6) is -2.76. The van der Waals surface area contributed by atoms with E-state index in [1.165, 1.54) is 6.20 Å². The van der Waals surface area contributed by atoms with Crippen molar-refractivity contribution in [3.63, 3.8) is 0 Å². The molecule has 0 amide bonds. The van der Waals surface area contributed by atoms with E-state index in [-0.39, 0.29) is 4.90 Å². The van der Waals surface area contributed by atoms with Crippen LogP contribution in [0.2, 0.25) is 0 Å². The molecule has 4 N–H and O–H groups in total. The third kappa shape index (κ3) is 5.31. The molecule has 0 radical (unpaired) electrons. The third-order valence-corrected chi connectivity index (χ3v) is 1.92. The van der Waals surface area contributed by atoms with Crippen molar-refractivity contribution in [3.05, 3.63) is 12.4 Å². The zero-order valence-corrected chi connectivity index (χ0v) is 8.21. The van der Waals surface area contributed by atoms with Crippen LogP contribution in [0.4, 0.5) is 13.2 Å². The monoisotopic (exact) mass is 261 g/mol. The van der Waals surface area contributed by atoms with Gasteiger partial charge in [-0.25, -0.2) is 18.4 Å². The second-order valence-corrected chi connectivity index (χ2v) is 3.84. The van der Waals surface area contributed by atoms with Crippen LogP contribution in [0.1, 0.15) is 0 Å². The van der Waals surface area contributed by atoms with Crippen LogP contribution in [-0.4, -0.2) is 35.9 Å². The normalized spacial score (nSPS) is 11.5. The Morgan fingerprint density at radius 3 is 2.06 bits per heavy atom. The number of halogens is 3. The summed E-state index contributed by atoms with van der Waals surface area (Å²) in [5.41, 5.74) is 0. The number of hydrogen-bond donors (Lipinski definition) is 3. The van der Waals surface area contributed by atoms with Gasteiger partial charge in [-0.15, -0.1) is 0 Å². The predicted octanol–water partition coefficient (Wildman–Crippen LogP) is -0.310. The maximum Gasteiger partial charge on any atom is 0.490 e. The first kappa shape index (κ1) is 14.4. The van der Waals surface area contributed by atoms with Crippen LogP contribution in [0.15, 0.2) is 17.3 Å². The van der Waals surface area contributed by atoms with Crippen LogP contribution in [-0.2, 0) is 14.8 Å². The Balaban J connectivity index is 0.000000293. The summed E-state index contributed by atoms with van der Waals surface area (Å²) in [6, 6.07) is 0. The number of carbonyl (C=O) groups is 1. The Hall–Kier alpha value is -1.62. The van der Waals surface area contributed by atoms with Crippen molar-refractivity contribution in [2.45, 2.75) is 11.1 Å². The molecule has 1 aromatic heterocycles. The highest BCUT2D eigenvalue weighted by Crippen LogP contribution is 2.13. The van der Waals surface area contributed by atoms with Crippen molar-refractivity contribution < 1.29 is 31.5 Å². The molecule has 0 bridgehead atoms. The number of aliphatic carboxylic acids is 1. The molecule has 0 unspecified atom stereocenters. The van der Waals surface area contributed by atoms with E-state index in [1.807, 2.05) is 0 Å². The van der Waals surface area contributed by atoms with E-state index in [0.29, 0.717) is 0 Å². The smallest absolute Gasteiger partial charge is 0.475 e. The zero-order valence-electron chi connectivity index (χ0n) is 7.39. The van der Waals surface area contributed by atoms with Gasteiger partial charge in [0.1, 0.15) is 4.90 Å². The number of nitrogens with one attached hydrogen (secondary N) is 1. The molecule has 0 fully saturated rings. The molecule has 16 heavy (non-hydrogen) atoms. The van der Waals surface area contributed by atoms with E-state index in [1.54, 1.807) is 0 Å². The molecule has 1 rings (SSSR count). The maximum absolute atomic E-state index is 10.6. The van der Waals surface area contributed by atoms with Gasteiger partial charge in [-0.1, -0.05) is 0 Å². The van der Waals surface area contributed by atoms with Gasteiger partial charge >= 0.3 is 12.1 Å². The number of carboxylic acids is 1. The van der Waals surface area contributed by atoms with Crippen molar-refractivity contribution >= 4 is 16.0 Å². The molecular weight excluding hydrogens is 255 g/mol. The average Bonchev–Trinajstić information content (AvgIpc) is 2.52. The molecule has 1 heterocycles. The summed E-state index contributed by atoms with van der Waals surface area (Å²) in [5, 5.41) is 17.6. The summed E-state index contributed by atoms with van der Waals surface area (Å²) >= 11 is 0. The molecule has 0 aliphatic carbocycles. The fourth-order valence-corrected chi connectivity index (χ4v) is 0.811. The molecule has 7 nitrogen and oxygen atoms in total. The van der Waals surface area contributed by atoms with Gasteiger partial charge in [0.25, 0.3) is 0 Å². The molecule has 0 spiro atoms. The molecule has 92 valence electrons. The largest absolute Gasteiger partial charge is 0.490 e. The molecule has 0 aliphatic rings. The van der Waals surface area contributed by atoms with Gasteiger partial charge in [0.05, 0.1) is 6.20 Å². The molecule has 0 atom stereocenters. The van der Waals surface area contributed by atoms with Crippen molar-refractivity contribution in [3.8, 4) is 0 Å². The highest BCUT2D eigenvalue weighted by Gasteiger charge is 2.38. The number of rotatable bonds is 1. The van der Waals surface area contributed by atoms with E-state index in [0.717, 1.165) is 6.20 Å². The molecule has 0 aliphatic heterocycles. The number of aromatic amines is 1. The van der Waals surface area contributed by atoms with Crippen LogP contribution < -0.4 is 5.14 Å². The number of primary sulfonamides is 1. The standard InChI is InChI=1S/C3H5N3O2S.C2HF3O2/c4-9(7,8)3-1-5-6-2-3;3-2(4,5)1(6)7/h1-2H,(H,5,6)(H2,4,7,8);(H,6,7). The fourth-order valence-electron chi connectivity index (χ4n) is 0.395. The van der Waals surface area contributed by atoms with E-state index in [9.17, 15) is 21.6 Å². The fraction of sp³-hybridized carbons (Fsp3) is 0.200. The lowest BCUT2D eigenvalue weighted by Gasteiger charge is -1.93. The van der Waals surface area contributed by atoms with Gasteiger partial charge in [-0.2, -0.15) is 18.3 Å². The Kier molecular flexibility index (Phi) is 4.44. The number of alkyl halides is 3. The number of aromatic nitrogens is 2. The van der Waals surface area contributed by atoms with Gasteiger partial charge in [0, 0.05) is 6.20 Å². The molecule has 0 saturated heterocycles. The number of nitrogens with two attached hydrogens (primary N) is 1. The Morgan fingerprint density at radius 2 is 1.94 bits per heavy atom. The molecular formula is C5H6F3N3O4S. The van der Waals surface area contributed by atoms with E-state index >= 15 is 0 Å². The molecule has 0 aromatic carbocycles. The number of carboxylic acid groups (broad SMARTS) is 1. The van der Waals surface area contributed by atoms with Gasteiger partial charge in [-0.3, -0.25) is 5.10 Å². The van der Waals surface area contributed by atoms with E-state index in [4.69, 9.17) is 15.0 Å². The summed E-state index contributed by atoms with van der Waals surface area (Å²) < 4.78 is 52.6. The SMILES string of the molecule is NS(=O)(=O)c1cn[nH]c1.O=C(O)C(F)(F)F. The van der Waals surface area contributed by atoms with Crippen molar-refractivity contribution in [2.75, 3.05) is 0 Å². The minimum atomic E-state index is -5.08. The first-order valence-corrected chi connectivity index (χ1v) is 4.91. The zero-order chi connectivity index (χ0) is 13.0. The average molecular weight is 261 g/mol. The minimum absolute atomic E-state index is 0.00231. The van der Waals surface area contributed by atoms with Crippen molar-refractivity contribution in [1.29, 1.82) is 0 Å². The van der Waals surface area contributed by atoms with Crippen LogP contribution in [0, 0.1) is 0 Å². The summed E-state index contributed by atoms with van der Waals surface area (Å²) in [4.78, 5) is 8.90. The summed E-state index contributed by atoms with van der Waals surface area (Å²) in [6.07, 6.45) is -2.72. The first-order chi connectivity index (χ1) is 7.05. The Labute approximate surface area is 87.1 Å². The van der Waals surface area contributed by atoms with Gasteiger partial charge < -0.3 is 5.11 Å². The quantitative estimate of drug-likeness (QED) is 0.639. The van der Waals surface area contributed by atoms with Gasteiger partial charge in [0.2, 0.25) is 10.0 Å². The summed E-state index contributed by atoms with van der Waals surface area (Å²) in [6.45, 7) is 0. The lowest BCUT2D eigenvalue weighted by Crippen LogP contribution is -2.21. The Bertz CT molecular complexity index is 438. The lowest BCUT2D eigenvalue weighted by atomic mass is 10.7. The number of nitrogens with zero attached hydrogens (tertiary/aromatic N) is 1. The number of hydrogen-bond acceptors (Lipinski definition) is 4. The second-order valence-electron chi connectivity index (χ2n) is 2.28. The van der Waals surface area contributed by atoms with Crippen LogP contribution >= 0.6 is 0 Å². The lowest BCUT2D eigenvalue weighted by molar-refractivity contribution is -0.192. The van der Waals surface area contributed by atoms with Gasteiger partial charge in [-0.05, 0) is 0 Å². The third-order valence-electron chi connectivity index (χ3n) is 1.04. The van der Waals surface area contributed by atoms with E-state index < -0.39 is 22.2 Å². The first-order valence-electron chi connectivity index (χ1n) is 3.37. The number of sulfonamides is 1. The van der Waals surface area contributed by atoms with Crippen LogP contribution in [0.3, 0.4) is 0 Å². The second kappa shape index (κ2) is 4.94. The molecule has 1 aromatic rings. The van der Waals surface area contributed by atoms with Crippen molar-refractivity contribution in [2.24, 2.45) is 5.14 Å². The molecule has 11 heteroatoms. The van der Waals surface area contributed by atoms with E-state index in [2.05, 4.69) is 10.2 Å². The summed E-state index contributed by atoms with van der Waals surface area (Å²) in [7, 11) is -3.55. The van der Waals surface area contributed by atoms with Gasteiger partial charge in [0.15, 0.2) is 0 Å². The minimum Gasteiger partial charge on any atom is -0.475 e. The predicted molar refractivity (Wildman–Crippen MR) is 43.7 cm³/mol. The highest BCUT2D eigenvalue weighted by atomic mass is 32.2. The highest BCUT2D eigenvalue weighted by molar-refractivity contribution is 7.89. The van der Waals surface area contributed by atoms with Crippen molar-refractivity contribution in [1.82, 2.24) is 10.2 Å². The number of H-pyrrole nitrogens is 1. The van der Waals surface area contributed by atoms with Crippen LogP contribution in [0.25, 0.3) is 0 Å². The molecule has 0 saturated carbocycles.